The van der Waals surface area contributed by atoms with Crippen LogP contribution in [0.4, 0.5) is 0 Å². The van der Waals surface area contributed by atoms with Crippen molar-refractivity contribution in [1.82, 2.24) is 0 Å². The summed E-state index contributed by atoms with van der Waals surface area (Å²) in [6.07, 6.45) is 0.263. The van der Waals surface area contributed by atoms with Gasteiger partial charge in [-0.1, -0.05) is 13.8 Å². The molecule has 2 nitrogen and oxygen atoms in total. The molecule has 0 bridgehead atoms. The summed E-state index contributed by atoms with van der Waals surface area (Å²) in [5, 5.41) is 0. The molecule has 0 aromatic rings. The first kappa shape index (κ1) is 10.4. The minimum Gasteiger partial charge on any atom is -0.313 e. The van der Waals surface area contributed by atoms with Crippen LogP contribution in [0.1, 0.15) is 20.3 Å². The van der Waals surface area contributed by atoms with Crippen LogP contribution in [0.2, 0.25) is 0 Å². The zero-order valence-electron chi connectivity index (χ0n) is 6.13. The highest BCUT2D eigenvalue weighted by Gasteiger charge is 2.14. The van der Waals surface area contributed by atoms with E-state index < -0.39 is 0 Å². The van der Waals surface area contributed by atoms with Gasteiger partial charge in [-0.15, -0.1) is 0 Å². The predicted octanol–water partition coefficient (Wildman–Crippen LogP) is 1.46. The van der Waals surface area contributed by atoms with Crippen molar-refractivity contribution in [2.75, 3.05) is 0 Å². The van der Waals surface area contributed by atoms with Crippen LogP contribution in [0.5, 0.6) is 0 Å². The summed E-state index contributed by atoms with van der Waals surface area (Å²) < 4.78 is 4.99. The fourth-order valence-electron chi connectivity index (χ4n) is 0.568. The molecule has 0 amide bonds. The highest BCUT2D eigenvalue weighted by Crippen LogP contribution is 2.13. The van der Waals surface area contributed by atoms with E-state index in [9.17, 15) is 4.79 Å². The van der Waals surface area contributed by atoms with Gasteiger partial charge in [0.1, 0.15) is 23.0 Å². The zero-order valence-corrected chi connectivity index (χ0v) is 8.29. The van der Waals surface area contributed by atoms with E-state index in [-0.39, 0.29) is 11.8 Å². The standard InChI is InChI=1S/C6H10BIO2/c1-4(2)5(10-8)3-6(7)9/h4-5H,3H2,1-2H3. The highest BCUT2D eigenvalue weighted by molar-refractivity contribution is 14.1. The Morgan fingerprint density at radius 1 is 1.70 bits per heavy atom. The minimum atomic E-state index is -0.310. The van der Waals surface area contributed by atoms with Gasteiger partial charge in [-0.2, -0.15) is 0 Å². The second kappa shape index (κ2) is 5.13. The van der Waals surface area contributed by atoms with Crippen LogP contribution in [0.3, 0.4) is 0 Å². The lowest BCUT2D eigenvalue weighted by Gasteiger charge is -2.15. The maximum atomic E-state index is 10.4. The fourth-order valence-corrected chi connectivity index (χ4v) is 1.34. The van der Waals surface area contributed by atoms with Gasteiger partial charge < -0.3 is 7.86 Å². The van der Waals surface area contributed by atoms with Crippen molar-refractivity contribution in [3.05, 3.63) is 0 Å². The molecule has 0 fully saturated rings. The number of rotatable bonds is 4. The first-order valence-corrected chi connectivity index (χ1v) is 4.01. The fraction of sp³-hybridized carbons (Fsp3) is 0.833. The third kappa shape index (κ3) is 4.27. The minimum absolute atomic E-state index is 0.0434. The molecular formula is C6H10BIO2. The maximum Gasteiger partial charge on any atom is 0.167 e. The number of hydrogen-bond donors (Lipinski definition) is 0. The third-order valence-corrected chi connectivity index (χ3v) is 1.91. The van der Waals surface area contributed by atoms with Crippen molar-refractivity contribution >= 4 is 36.5 Å². The Hall–Kier alpha value is 0.425. The molecule has 56 valence electrons. The van der Waals surface area contributed by atoms with Crippen molar-refractivity contribution < 1.29 is 7.86 Å². The zero-order chi connectivity index (χ0) is 8.15. The maximum absolute atomic E-state index is 10.4. The summed E-state index contributed by atoms with van der Waals surface area (Å²) in [6.45, 7) is 3.98. The molecule has 4 heteroatoms. The molecule has 0 saturated heterocycles. The number of hydrogen-bond acceptors (Lipinski definition) is 2. The molecule has 1 atom stereocenters. The molecule has 0 aliphatic carbocycles. The highest BCUT2D eigenvalue weighted by atomic mass is 127. The molecule has 0 heterocycles. The van der Waals surface area contributed by atoms with Gasteiger partial charge in [0, 0.05) is 6.42 Å². The van der Waals surface area contributed by atoms with Crippen LogP contribution in [-0.4, -0.2) is 19.6 Å². The van der Waals surface area contributed by atoms with Crippen molar-refractivity contribution in [3.63, 3.8) is 0 Å². The SMILES string of the molecule is [B]C(=O)CC(OI)C(C)C. The van der Waals surface area contributed by atoms with E-state index in [0.29, 0.717) is 12.3 Å². The van der Waals surface area contributed by atoms with Crippen molar-refractivity contribution in [1.29, 1.82) is 0 Å². The van der Waals surface area contributed by atoms with Gasteiger partial charge in [0.15, 0.2) is 7.85 Å². The van der Waals surface area contributed by atoms with Gasteiger partial charge in [0.2, 0.25) is 0 Å². The summed E-state index contributed by atoms with van der Waals surface area (Å²) in [7, 11) is 4.98. The topological polar surface area (TPSA) is 26.3 Å². The molecule has 0 aromatic heterocycles. The lowest BCUT2D eigenvalue weighted by molar-refractivity contribution is -0.113. The molecule has 0 aliphatic heterocycles. The summed E-state index contributed by atoms with van der Waals surface area (Å²) in [6, 6.07) is 0. The van der Waals surface area contributed by atoms with Crippen LogP contribution >= 0.6 is 23.0 Å². The molecule has 0 rings (SSSR count). The summed E-state index contributed by atoms with van der Waals surface area (Å²) in [5.74, 6) is 0.337. The quantitative estimate of drug-likeness (QED) is 0.559. The van der Waals surface area contributed by atoms with Gasteiger partial charge in [0.05, 0.1) is 11.8 Å². The average Bonchev–Trinajstić information content (AvgIpc) is 1.81. The Morgan fingerprint density at radius 3 is 2.30 bits per heavy atom. The van der Waals surface area contributed by atoms with E-state index in [1.54, 1.807) is 23.0 Å². The van der Waals surface area contributed by atoms with Crippen molar-refractivity contribution in [2.45, 2.75) is 26.4 Å². The second-order valence-corrected chi connectivity index (χ2v) is 3.05. The number of halogens is 1. The predicted molar refractivity (Wildman–Crippen MR) is 49.1 cm³/mol. The molecule has 10 heavy (non-hydrogen) atoms. The monoisotopic (exact) mass is 252 g/mol. The van der Waals surface area contributed by atoms with Crippen molar-refractivity contribution in [3.8, 4) is 0 Å². The second-order valence-electron chi connectivity index (χ2n) is 2.54. The molecule has 0 aromatic carbocycles. The lowest BCUT2D eigenvalue weighted by atomic mass is 9.92. The summed E-state index contributed by atoms with van der Waals surface area (Å²) in [5.41, 5.74) is -0.310. The van der Waals surface area contributed by atoms with E-state index in [0.717, 1.165) is 0 Å². The molecule has 2 radical (unpaired) electrons. The lowest BCUT2D eigenvalue weighted by Crippen LogP contribution is -2.19. The van der Waals surface area contributed by atoms with Crippen LogP contribution in [0, 0.1) is 5.92 Å². The Labute approximate surface area is 76.8 Å². The summed E-state index contributed by atoms with van der Waals surface area (Å²) in [4.78, 5) is 10.4. The molecule has 0 aliphatic rings. The Bertz CT molecular complexity index is 116. The van der Waals surface area contributed by atoms with Crippen LogP contribution in [0.25, 0.3) is 0 Å². The number of carbonyl (C=O) groups excluding carboxylic acids is 1. The van der Waals surface area contributed by atoms with Crippen LogP contribution in [-0.2, 0) is 7.86 Å². The van der Waals surface area contributed by atoms with Crippen LogP contribution < -0.4 is 0 Å². The summed E-state index contributed by atoms with van der Waals surface area (Å²) >= 11 is 1.79. The smallest absolute Gasteiger partial charge is 0.167 e. The molecule has 0 N–H and O–H groups in total. The van der Waals surface area contributed by atoms with E-state index in [1.807, 2.05) is 13.8 Å². The molecular weight excluding hydrogens is 242 g/mol. The first-order chi connectivity index (χ1) is 4.57. The van der Waals surface area contributed by atoms with E-state index >= 15 is 0 Å². The average molecular weight is 252 g/mol. The Morgan fingerprint density at radius 2 is 2.20 bits per heavy atom. The van der Waals surface area contributed by atoms with Gasteiger partial charge in [-0.25, -0.2) is 0 Å². The number of carbonyl (C=O) groups is 1. The van der Waals surface area contributed by atoms with Gasteiger partial charge in [-0.05, 0) is 5.92 Å². The Balaban J connectivity index is 3.71. The molecule has 0 saturated carbocycles. The normalized spacial score (nSPS) is 13.6. The van der Waals surface area contributed by atoms with Gasteiger partial charge >= 0.3 is 0 Å². The third-order valence-electron chi connectivity index (χ3n) is 1.26. The van der Waals surface area contributed by atoms with Gasteiger partial charge in [0.25, 0.3) is 0 Å². The van der Waals surface area contributed by atoms with E-state index in [1.165, 1.54) is 0 Å². The molecule has 1 unspecified atom stereocenters. The molecule has 0 spiro atoms. The van der Waals surface area contributed by atoms with E-state index in [2.05, 4.69) is 0 Å². The Kier molecular flexibility index (Phi) is 5.34. The van der Waals surface area contributed by atoms with Gasteiger partial charge in [-0.3, -0.25) is 0 Å². The van der Waals surface area contributed by atoms with Crippen LogP contribution in [0.15, 0.2) is 0 Å². The van der Waals surface area contributed by atoms with E-state index in [4.69, 9.17) is 10.9 Å². The largest absolute Gasteiger partial charge is 0.313 e. The van der Waals surface area contributed by atoms with Crippen molar-refractivity contribution in [2.24, 2.45) is 5.92 Å². The first-order valence-electron chi connectivity index (χ1n) is 3.13.